The normalized spacial score (nSPS) is 10.3. The molecule has 0 saturated heterocycles. The largest absolute Gasteiger partial charge is 0.465 e. The number of ether oxygens (including phenoxy) is 2. The Morgan fingerprint density at radius 1 is 1.12 bits per heavy atom. The van der Waals surface area contributed by atoms with Crippen LogP contribution in [0.5, 0.6) is 0 Å². The Morgan fingerprint density at radius 3 is 2.50 bits per heavy atom. The molecule has 1 aromatic heterocycles. The Kier molecular flexibility index (Phi) is 7.04. The molecule has 138 valence electrons. The molecule has 1 amide bonds. The summed E-state index contributed by atoms with van der Waals surface area (Å²) in [6, 6.07) is 8.02. The van der Waals surface area contributed by atoms with E-state index in [0.717, 1.165) is 6.42 Å². The van der Waals surface area contributed by atoms with E-state index in [1.807, 2.05) is 0 Å². The van der Waals surface area contributed by atoms with E-state index >= 15 is 0 Å². The average Bonchev–Trinajstić information content (AvgIpc) is 2.65. The first kappa shape index (κ1) is 19.3. The summed E-state index contributed by atoms with van der Waals surface area (Å²) >= 11 is 0. The van der Waals surface area contributed by atoms with Gasteiger partial charge in [0, 0.05) is 31.6 Å². The molecule has 0 saturated carbocycles. The first-order valence-electron chi connectivity index (χ1n) is 8.11. The maximum absolute atomic E-state index is 12.4. The molecule has 1 heterocycles. The fraction of sp³-hybridized carbons (Fsp3) is 0.333. The third-order valence-electron chi connectivity index (χ3n) is 3.46. The number of rotatable bonds is 8. The van der Waals surface area contributed by atoms with Gasteiger partial charge in [-0.1, -0.05) is 0 Å². The molecule has 8 heteroatoms. The maximum atomic E-state index is 12.4. The topological polar surface area (TPSA) is 102 Å². The number of benzene rings is 1. The standard InChI is InChI=1S/C18H22N4O4/c1-12-11-15(22-18(20-12)19-9-4-10-25-2)16(23)21-14-7-5-13(6-8-14)17(24)26-3/h5-8,11H,4,9-10H2,1-3H3,(H,21,23)(H,19,20,22). The van der Waals surface area contributed by atoms with Gasteiger partial charge in [-0.05, 0) is 43.7 Å². The Bertz CT molecular complexity index is 762. The average molecular weight is 358 g/mol. The van der Waals surface area contributed by atoms with E-state index in [1.54, 1.807) is 44.4 Å². The smallest absolute Gasteiger partial charge is 0.337 e. The van der Waals surface area contributed by atoms with Crippen molar-refractivity contribution in [1.29, 1.82) is 0 Å². The molecule has 0 atom stereocenters. The van der Waals surface area contributed by atoms with Gasteiger partial charge in [0.2, 0.25) is 5.95 Å². The minimum absolute atomic E-state index is 0.254. The molecule has 2 N–H and O–H groups in total. The van der Waals surface area contributed by atoms with Crippen LogP contribution in [-0.4, -0.2) is 49.2 Å². The van der Waals surface area contributed by atoms with Crippen LogP contribution in [0.2, 0.25) is 0 Å². The summed E-state index contributed by atoms with van der Waals surface area (Å²) in [5, 5.41) is 5.82. The summed E-state index contributed by atoms with van der Waals surface area (Å²) in [6.45, 7) is 3.07. The van der Waals surface area contributed by atoms with E-state index in [0.29, 0.717) is 36.0 Å². The molecule has 0 fully saturated rings. The predicted octanol–water partition coefficient (Wildman–Crippen LogP) is 2.27. The molecule has 8 nitrogen and oxygen atoms in total. The predicted molar refractivity (Wildman–Crippen MR) is 97.5 cm³/mol. The van der Waals surface area contributed by atoms with Gasteiger partial charge in [-0.3, -0.25) is 4.79 Å². The lowest BCUT2D eigenvalue weighted by molar-refractivity contribution is 0.0600. The third kappa shape index (κ3) is 5.52. The number of anilines is 2. The van der Waals surface area contributed by atoms with Crippen molar-refractivity contribution in [2.45, 2.75) is 13.3 Å². The molecule has 2 aromatic rings. The summed E-state index contributed by atoms with van der Waals surface area (Å²) in [6.07, 6.45) is 0.807. The second-order valence-corrected chi connectivity index (χ2v) is 5.51. The number of carbonyl (C=O) groups is 2. The minimum atomic E-state index is -0.432. The quantitative estimate of drug-likeness (QED) is 0.551. The van der Waals surface area contributed by atoms with E-state index in [1.165, 1.54) is 7.11 Å². The molecule has 0 radical (unpaired) electrons. The van der Waals surface area contributed by atoms with Crippen molar-refractivity contribution in [1.82, 2.24) is 9.97 Å². The number of nitrogens with zero attached hydrogens (tertiary/aromatic N) is 2. The molecule has 0 aliphatic carbocycles. The highest BCUT2D eigenvalue weighted by molar-refractivity contribution is 6.03. The van der Waals surface area contributed by atoms with Crippen LogP contribution in [0.15, 0.2) is 30.3 Å². The molecule has 2 rings (SSSR count). The highest BCUT2D eigenvalue weighted by Crippen LogP contribution is 2.13. The van der Waals surface area contributed by atoms with E-state index in [-0.39, 0.29) is 11.6 Å². The van der Waals surface area contributed by atoms with E-state index < -0.39 is 5.97 Å². The van der Waals surface area contributed by atoms with Crippen LogP contribution in [0.3, 0.4) is 0 Å². The summed E-state index contributed by atoms with van der Waals surface area (Å²) in [4.78, 5) is 32.4. The van der Waals surface area contributed by atoms with Gasteiger partial charge in [0.25, 0.3) is 5.91 Å². The Balaban J connectivity index is 2.04. The van der Waals surface area contributed by atoms with Crippen molar-refractivity contribution in [3.63, 3.8) is 0 Å². The van der Waals surface area contributed by atoms with Gasteiger partial charge in [-0.25, -0.2) is 14.8 Å². The number of aryl methyl sites for hydroxylation is 1. The molecule has 26 heavy (non-hydrogen) atoms. The lowest BCUT2D eigenvalue weighted by atomic mass is 10.2. The molecule has 0 bridgehead atoms. The van der Waals surface area contributed by atoms with Crippen molar-refractivity contribution in [2.24, 2.45) is 0 Å². The number of esters is 1. The van der Waals surface area contributed by atoms with E-state index in [2.05, 4.69) is 25.3 Å². The number of methoxy groups -OCH3 is 2. The van der Waals surface area contributed by atoms with Crippen LogP contribution >= 0.6 is 0 Å². The van der Waals surface area contributed by atoms with Crippen LogP contribution in [0.25, 0.3) is 0 Å². The van der Waals surface area contributed by atoms with Gasteiger partial charge in [-0.15, -0.1) is 0 Å². The molecular weight excluding hydrogens is 336 g/mol. The second kappa shape index (κ2) is 9.47. The van der Waals surface area contributed by atoms with Crippen LogP contribution in [-0.2, 0) is 9.47 Å². The molecule has 0 unspecified atom stereocenters. The van der Waals surface area contributed by atoms with Crippen molar-refractivity contribution in [3.8, 4) is 0 Å². The first-order valence-corrected chi connectivity index (χ1v) is 8.11. The van der Waals surface area contributed by atoms with Gasteiger partial charge < -0.3 is 20.1 Å². The van der Waals surface area contributed by atoms with Crippen LogP contribution in [0.1, 0.15) is 33.0 Å². The molecule has 0 aliphatic rings. The summed E-state index contributed by atoms with van der Waals surface area (Å²) in [5.74, 6) is -0.396. The second-order valence-electron chi connectivity index (χ2n) is 5.51. The number of carbonyl (C=O) groups excluding carboxylic acids is 2. The van der Waals surface area contributed by atoms with Gasteiger partial charge in [-0.2, -0.15) is 0 Å². The van der Waals surface area contributed by atoms with Crippen molar-refractivity contribution >= 4 is 23.5 Å². The lowest BCUT2D eigenvalue weighted by Gasteiger charge is -2.09. The van der Waals surface area contributed by atoms with Crippen molar-refractivity contribution in [3.05, 3.63) is 47.3 Å². The van der Waals surface area contributed by atoms with E-state index in [9.17, 15) is 9.59 Å². The zero-order chi connectivity index (χ0) is 18.9. The fourth-order valence-corrected chi connectivity index (χ4v) is 2.18. The van der Waals surface area contributed by atoms with Gasteiger partial charge >= 0.3 is 5.97 Å². The highest BCUT2D eigenvalue weighted by atomic mass is 16.5. The highest BCUT2D eigenvalue weighted by Gasteiger charge is 2.12. The van der Waals surface area contributed by atoms with Gasteiger partial charge in [0.15, 0.2) is 0 Å². The minimum Gasteiger partial charge on any atom is -0.465 e. The monoisotopic (exact) mass is 358 g/mol. The van der Waals surface area contributed by atoms with Crippen molar-refractivity contribution < 1.29 is 19.1 Å². The van der Waals surface area contributed by atoms with Crippen LogP contribution in [0.4, 0.5) is 11.6 Å². The van der Waals surface area contributed by atoms with Crippen molar-refractivity contribution in [2.75, 3.05) is 38.0 Å². The van der Waals surface area contributed by atoms with Gasteiger partial charge in [0.05, 0.1) is 12.7 Å². The number of hydrogen-bond acceptors (Lipinski definition) is 7. The Labute approximate surface area is 151 Å². The number of nitrogens with one attached hydrogen (secondary N) is 2. The molecule has 0 spiro atoms. The zero-order valence-electron chi connectivity index (χ0n) is 15.0. The zero-order valence-corrected chi connectivity index (χ0v) is 15.0. The number of aromatic nitrogens is 2. The fourth-order valence-electron chi connectivity index (χ4n) is 2.18. The summed E-state index contributed by atoms with van der Waals surface area (Å²) in [7, 11) is 2.96. The SMILES string of the molecule is COCCCNc1nc(C)cc(C(=O)Nc2ccc(C(=O)OC)cc2)n1. The lowest BCUT2D eigenvalue weighted by Crippen LogP contribution is -2.17. The first-order chi connectivity index (χ1) is 12.5. The maximum Gasteiger partial charge on any atom is 0.337 e. The summed E-state index contributed by atoms with van der Waals surface area (Å²) < 4.78 is 9.63. The third-order valence-corrected chi connectivity index (χ3v) is 3.46. The Morgan fingerprint density at radius 2 is 1.85 bits per heavy atom. The van der Waals surface area contributed by atoms with E-state index in [4.69, 9.17) is 4.74 Å². The Hall–Kier alpha value is -3.00. The summed E-state index contributed by atoms with van der Waals surface area (Å²) in [5.41, 5.74) is 1.89. The number of amides is 1. The molecule has 0 aliphatic heterocycles. The van der Waals surface area contributed by atoms with Crippen LogP contribution < -0.4 is 10.6 Å². The molecular formula is C18H22N4O4. The van der Waals surface area contributed by atoms with Gasteiger partial charge in [0.1, 0.15) is 5.69 Å². The van der Waals surface area contributed by atoms with Crippen LogP contribution in [0, 0.1) is 6.92 Å². The molecule has 1 aromatic carbocycles. The number of hydrogen-bond donors (Lipinski definition) is 2.